The van der Waals surface area contributed by atoms with Gasteiger partial charge in [-0.2, -0.15) is 0 Å². The van der Waals surface area contributed by atoms with Crippen molar-refractivity contribution in [1.82, 2.24) is 0 Å². The van der Waals surface area contributed by atoms with E-state index in [1.807, 2.05) is 6.92 Å². The van der Waals surface area contributed by atoms with Crippen molar-refractivity contribution < 1.29 is 19.1 Å². The summed E-state index contributed by atoms with van der Waals surface area (Å²) in [6.45, 7) is 8.92. The van der Waals surface area contributed by atoms with E-state index in [2.05, 4.69) is 20.8 Å². The summed E-state index contributed by atoms with van der Waals surface area (Å²) in [7, 11) is 0. The van der Waals surface area contributed by atoms with Gasteiger partial charge in [0.1, 0.15) is 6.10 Å². The summed E-state index contributed by atoms with van der Waals surface area (Å²) in [5.41, 5.74) is 0.591. The first-order chi connectivity index (χ1) is 16.5. The lowest BCUT2D eigenvalue weighted by Crippen LogP contribution is -2.26. The number of carbonyl (C=O) groups is 2. The van der Waals surface area contributed by atoms with Crippen LogP contribution in [0.25, 0.3) is 0 Å². The Kier molecular flexibility index (Phi) is 17.3. The van der Waals surface area contributed by atoms with Crippen LogP contribution in [0.4, 0.5) is 0 Å². The Labute approximate surface area is 209 Å². The lowest BCUT2D eigenvalue weighted by atomic mass is 9.97. The van der Waals surface area contributed by atoms with Gasteiger partial charge in [0.05, 0.1) is 17.7 Å². The Balaban J connectivity index is 2.31. The molecule has 1 aromatic carbocycles. The second-order valence-corrected chi connectivity index (χ2v) is 9.69. The number of ether oxygens (including phenoxy) is 2. The van der Waals surface area contributed by atoms with E-state index >= 15 is 0 Å². The summed E-state index contributed by atoms with van der Waals surface area (Å²) in [6.07, 6.45) is 17.9. The molecular formula is C30H50O4. The minimum atomic E-state index is -0.440. The first kappa shape index (κ1) is 30.2. The number of esters is 2. The third-order valence-corrected chi connectivity index (χ3v) is 6.64. The summed E-state index contributed by atoms with van der Waals surface area (Å²) in [6, 6.07) is 6.82. The van der Waals surface area contributed by atoms with Crippen molar-refractivity contribution in [2.45, 2.75) is 130 Å². The lowest BCUT2D eigenvalue weighted by Gasteiger charge is -2.23. The van der Waals surface area contributed by atoms with Crippen LogP contribution in [0, 0.1) is 5.92 Å². The summed E-state index contributed by atoms with van der Waals surface area (Å²) >= 11 is 0. The molecule has 0 N–H and O–H groups in total. The van der Waals surface area contributed by atoms with Crippen LogP contribution in [0.2, 0.25) is 0 Å². The van der Waals surface area contributed by atoms with Crippen LogP contribution in [-0.2, 0) is 9.47 Å². The molecule has 1 rings (SSSR count). The van der Waals surface area contributed by atoms with Crippen molar-refractivity contribution in [3.63, 3.8) is 0 Å². The second kappa shape index (κ2) is 19.5. The van der Waals surface area contributed by atoms with E-state index in [1.54, 1.807) is 24.3 Å². The third-order valence-electron chi connectivity index (χ3n) is 6.64. The van der Waals surface area contributed by atoms with Gasteiger partial charge >= 0.3 is 11.9 Å². The molecule has 0 aromatic heterocycles. The summed E-state index contributed by atoms with van der Waals surface area (Å²) < 4.78 is 11.2. The molecule has 0 bridgehead atoms. The van der Waals surface area contributed by atoms with Gasteiger partial charge in [0.15, 0.2) is 0 Å². The highest BCUT2D eigenvalue weighted by Crippen LogP contribution is 2.20. The zero-order valence-electron chi connectivity index (χ0n) is 22.4. The van der Waals surface area contributed by atoms with Crippen LogP contribution in [0.3, 0.4) is 0 Å². The molecule has 34 heavy (non-hydrogen) atoms. The molecule has 4 nitrogen and oxygen atoms in total. The highest BCUT2D eigenvalue weighted by atomic mass is 16.5. The van der Waals surface area contributed by atoms with Gasteiger partial charge in [-0.15, -0.1) is 0 Å². The molecule has 0 amide bonds. The molecule has 2 unspecified atom stereocenters. The number of hydrogen-bond donors (Lipinski definition) is 0. The minimum absolute atomic E-state index is 0.141. The van der Waals surface area contributed by atoms with Crippen LogP contribution in [-0.4, -0.2) is 24.6 Å². The highest BCUT2D eigenvalue weighted by molar-refractivity contribution is 6.03. The fourth-order valence-electron chi connectivity index (χ4n) is 4.47. The monoisotopic (exact) mass is 474 g/mol. The average molecular weight is 475 g/mol. The molecule has 0 aliphatic rings. The fraction of sp³-hybridized carbons (Fsp3) is 0.733. The normalized spacial score (nSPS) is 12.8. The summed E-state index contributed by atoms with van der Waals surface area (Å²) in [5.74, 6) is -0.582. The van der Waals surface area contributed by atoms with E-state index in [0.717, 1.165) is 32.1 Å². The molecule has 0 aliphatic heterocycles. The van der Waals surface area contributed by atoms with Crippen molar-refractivity contribution >= 4 is 11.9 Å². The molecule has 0 saturated heterocycles. The molecule has 0 spiro atoms. The van der Waals surface area contributed by atoms with E-state index in [9.17, 15) is 9.59 Å². The van der Waals surface area contributed by atoms with Crippen LogP contribution >= 0.6 is 0 Å². The van der Waals surface area contributed by atoms with Gasteiger partial charge in [0, 0.05) is 0 Å². The SMILES string of the molecule is CCCCCCCCCCCCCCOC(=O)c1ccccc1C(=O)OC(CC)C(C)CCC. The maximum atomic E-state index is 12.8. The Hall–Kier alpha value is -1.84. The van der Waals surface area contributed by atoms with Gasteiger partial charge in [0.25, 0.3) is 0 Å². The molecular weight excluding hydrogens is 424 g/mol. The van der Waals surface area contributed by atoms with Crippen LogP contribution in [0.15, 0.2) is 24.3 Å². The maximum Gasteiger partial charge on any atom is 0.339 e. The predicted molar refractivity (Wildman–Crippen MR) is 141 cm³/mol. The predicted octanol–water partition coefficient (Wildman–Crippen LogP) is 8.92. The van der Waals surface area contributed by atoms with Crippen LogP contribution in [0.5, 0.6) is 0 Å². The molecule has 2 atom stereocenters. The molecule has 0 heterocycles. The van der Waals surface area contributed by atoms with E-state index < -0.39 is 11.9 Å². The van der Waals surface area contributed by atoms with Crippen molar-refractivity contribution in [3.05, 3.63) is 35.4 Å². The summed E-state index contributed by atoms with van der Waals surface area (Å²) in [5, 5.41) is 0. The molecule has 4 heteroatoms. The third kappa shape index (κ3) is 12.6. The Morgan fingerprint density at radius 1 is 0.706 bits per heavy atom. The average Bonchev–Trinajstić information content (AvgIpc) is 2.85. The number of carbonyl (C=O) groups excluding carboxylic acids is 2. The first-order valence-electron chi connectivity index (χ1n) is 14.0. The second-order valence-electron chi connectivity index (χ2n) is 9.69. The van der Waals surface area contributed by atoms with Gasteiger partial charge in [-0.3, -0.25) is 0 Å². The van der Waals surface area contributed by atoms with Gasteiger partial charge in [-0.05, 0) is 37.3 Å². The molecule has 1 aromatic rings. The van der Waals surface area contributed by atoms with Gasteiger partial charge < -0.3 is 9.47 Å². The molecule has 0 aliphatic carbocycles. The van der Waals surface area contributed by atoms with Gasteiger partial charge in [-0.1, -0.05) is 117 Å². The quantitative estimate of drug-likeness (QED) is 0.140. The van der Waals surface area contributed by atoms with E-state index in [1.165, 1.54) is 64.2 Å². The van der Waals surface area contributed by atoms with Crippen LogP contribution < -0.4 is 0 Å². The van der Waals surface area contributed by atoms with Crippen molar-refractivity contribution in [3.8, 4) is 0 Å². The van der Waals surface area contributed by atoms with Crippen molar-refractivity contribution in [1.29, 1.82) is 0 Å². The van der Waals surface area contributed by atoms with Crippen molar-refractivity contribution in [2.75, 3.05) is 6.61 Å². The number of rotatable bonds is 20. The van der Waals surface area contributed by atoms with E-state index in [0.29, 0.717) is 23.7 Å². The standard InChI is InChI=1S/C30H50O4/c1-5-8-9-10-11-12-13-14-15-16-17-20-24-33-29(31)26-22-18-19-23-27(26)30(32)34-28(7-3)25(4)21-6-2/h18-19,22-23,25,28H,5-17,20-21,24H2,1-4H3. The lowest BCUT2D eigenvalue weighted by molar-refractivity contribution is 0.0132. The van der Waals surface area contributed by atoms with Crippen LogP contribution in [0.1, 0.15) is 145 Å². The maximum absolute atomic E-state index is 12.8. The van der Waals surface area contributed by atoms with Gasteiger partial charge in [-0.25, -0.2) is 9.59 Å². The highest BCUT2D eigenvalue weighted by Gasteiger charge is 2.24. The first-order valence-corrected chi connectivity index (χ1v) is 14.0. The Morgan fingerprint density at radius 2 is 1.21 bits per heavy atom. The molecule has 0 radical (unpaired) electrons. The zero-order valence-corrected chi connectivity index (χ0v) is 22.4. The smallest absolute Gasteiger partial charge is 0.339 e. The van der Waals surface area contributed by atoms with E-state index in [4.69, 9.17) is 9.47 Å². The summed E-state index contributed by atoms with van der Waals surface area (Å²) in [4.78, 5) is 25.4. The molecule has 194 valence electrons. The number of benzene rings is 1. The zero-order chi connectivity index (χ0) is 25.0. The fourth-order valence-corrected chi connectivity index (χ4v) is 4.47. The van der Waals surface area contributed by atoms with Gasteiger partial charge in [0.2, 0.25) is 0 Å². The minimum Gasteiger partial charge on any atom is -0.462 e. The Bertz CT molecular complexity index is 670. The number of hydrogen-bond acceptors (Lipinski definition) is 4. The van der Waals surface area contributed by atoms with E-state index in [-0.39, 0.29) is 6.10 Å². The molecule has 0 saturated carbocycles. The number of unbranched alkanes of at least 4 members (excludes halogenated alkanes) is 11. The molecule has 0 fully saturated rings. The Morgan fingerprint density at radius 3 is 1.71 bits per heavy atom. The topological polar surface area (TPSA) is 52.6 Å². The largest absolute Gasteiger partial charge is 0.462 e. The van der Waals surface area contributed by atoms with Crippen molar-refractivity contribution in [2.24, 2.45) is 5.92 Å².